The average Bonchev–Trinajstić information content (AvgIpc) is 2.72. The van der Waals surface area contributed by atoms with E-state index in [0.29, 0.717) is 11.6 Å². The highest BCUT2D eigenvalue weighted by Gasteiger charge is 2.23. The summed E-state index contributed by atoms with van der Waals surface area (Å²) in [4.78, 5) is 14.1. The first-order valence-electron chi connectivity index (χ1n) is 5.23. The van der Waals surface area contributed by atoms with Crippen molar-refractivity contribution in [2.75, 3.05) is 0 Å². The van der Waals surface area contributed by atoms with Crippen LogP contribution in [0.1, 0.15) is 12.1 Å². The molecule has 94 valence electrons. The lowest BCUT2D eigenvalue weighted by Crippen LogP contribution is -2.21. The van der Waals surface area contributed by atoms with E-state index in [9.17, 15) is 10.1 Å². The van der Waals surface area contributed by atoms with E-state index in [4.69, 9.17) is 10.5 Å². The predicted octanol–water partition coefficient (Wildman–Crippen LogP) is 1.36. The summed E-state index contributed by atoms with van der Waals surface area (Å²) >= 11 is 0. The Balaban J connectivity index is 2.19. The van der Waals surface area contributed by atoms with Crippen molar-refractivity contribution in [1.82, 2.24) is 9.55 Å². The number of rotatable bonds is 4. The van der Waals surface area contributed by atoms with Crippen LogP contribution in [0.4, 0.5) is 5.82 Å². The van der Waals surface area contributed by atoms with E-state index in [2.05, 4.69) is 4.98 Å². The molecule has 0 aliphatic carbocycles. The van der Waals surface area contributed by atoms with Gasteiger partial charge in [0.15, 0.2) is 0 Å². The molecule has 0 bridgehead atoms. The molecular formula is C11H12N4O3. The summed E-state index contributed by atoms with van der Waals surface area (Å²) in [5.74, 6) is 0.748. The molecule has 0 spiro atoms. The van der Waals surface area contributed by atoms with Gasteiger partial charge in [-0.25, -0.2) is 9.55 Å². The number of hydrogen-bond donors (Lipinski definition) is 1. The van der Waals surface area contributed by atoms with Crippen molar-refractivity contribution < 1.29 is 9.66 Å². The lowest BCUT2D eigenvalue weighted by atomic mass is 10.3. The monoisotopic (exact) mass is 248 g/mol. The normalized spacial score (nSPS) is 12.1. The second-order valence-electron chi connectivity index (χ2n) is 3.64. The van der Waals surface area contributed by atoms with Crippen molar-refractivity contribution in [3.05, 3.63) is 52.5 Å². The van der Waals surface area contributed by atoms with Crippen LogP contribution in [-0.2, 0) is 7.05 Å². The van der Waals surface area contributed by atoms with Gasteiger partial charge in [-0.1, -0.05) is 18.2 Å². The summed E-state index contributed by atoms with van der Waals surface area (Å²) in [6.07, 6.45) is 0.301. The zero-order valence-electron chi connectivity index (χ0n) is 9.69. The highest BCUT2D eigenvalue weighted by Crippen LogP contribution is 2.20. The first-order chi connectivity index (χ1) is 8.59. The minimum absolute atomic E-state index is 0.128. The predicted molar refractivity (Wildman–Crippen MR) is 63.9 cm³/mol. The molecule has 1 atom stereocenters. The Hall–Kier alpha value is -2.41. The summed E-state index contributed by atoms with van der Waals surface area (Å²) in [5.41, 5.74) is 5.81. The maximum Gasteiger partial charge on any atom is 0.342 e. The van der Waals surface area contributed by atoms with Gasteiger partial charge in [0, 0.05) is 0 Å². The van der Waals surface area contributed by atoms with Crippen molar-refractivity contribution in [3.63, 3.8) is 0 Å². The van der Waals surface area contributed by atoms with E-state index in [-0.39, 0.29) is 5.82 Å². The van der Waals surface area contributed by atoms with Gasteiger partial charge in [0.05, 0.1) is 7.05 Å². The van der Waals surface area contributed by atoms with E-state index >= 15 is 0 Å². The Kier molecular flexibility index (Phi) is 3.24. The molecular weight excluding hydrogens is 236 g/mol. The molecule has 1 unspecified atom stereocenters. The number of hydrogen-bond acceptors (Lipinski definition) is 5. The van der Waals surface area contributed by atoms with Gasteiger partial charge in [-0.15, -0.1) is 0 Å². The number of nitro groups is 1. The van der Waals surface area contributed by atoms with Crippen LogP contribution in [0.3, 0.4) is 0 Å². The molecule has 7 nitrogen and oxygen atoms in total. The molecule has 1 heterocycles. The first kappa shape index (κ1) is 12.1. The summed E-state index contributed by atoms with van der Waals surface area (Å²) in [7, 11) is 1.52. The fraction of sp³-hybridized carbons (Fsp3) is 0.182. The molecule has 1 aromatic carbocycles. The fourth-order valence-corrected chi connectivity index (χ4v) is 1.55. The van der Waals surface area contributed by atoms with Crippen LogP contribution in [0, 0.1) is 10.1 Å². The highest BCUT2D eigenvalue weighted by atomic mass is 16.6. The van der Waals surface area contributed by atoms with Gasteiger partial charge >= 0.3 is 5.82 Å². The Bertz CT molecular complexity index is 553. The van der Waals surface area contributed by atoms with E-state index in [1.54, 1.807) is 12.1 Å². The molecule has 18 heavy (non-hydrogen) atoms. The number of imidazole rings is 1. The van der Waals surface area contributed by atoms with Crippen LogP contribution in [-0.4, -0.2) is 14.5 Å². The van der Waals surface area contributed by atoms with Crippen LogP contribution in [0.25, 0.3) is 0 Å². The Labute approximate surface area is 103 Å². The van der Waals surface area contributed by atoms with E-state index < -0.39 is 11.2 Å². The highest BCUT2D eigenvalue weighted by molar-refractivity contribution is 5.23. The van der Waals surface area contributed by atoms with E-state index in [0.717, 1.165) is 6.20 Å². The lowest BCUT2D eigenvalue weighted by Gasteiger charge is -2.11. The molecule has 0 amide bonds. The SMILES string of the molecule is Cn1c([N+](=O)[O-])cnc1C(N)Oc1ccccc1. The largest absolute Gasteiger partial charge is 0.466 e. The molecule has 0 fully saturated rings. The van der Waals surface area contributed by atoms with Crippen LogP contribution in [0.15, 0.2) is 36.5 Å². The maximum atomic E-state index is 10.7. The van der Waals surface area contributed by atoms with Crippen LogP contribution >= 0.6 is 0 Å². The summed E-state index contributed by atoms with van der Waals surface area (Å²) in [5, 5.41) is 10.7. The maximum absolute atomic E-state index is 10.7. The van der Waals surface area contributed by atoms with Gasteiger partial charge < -0.3 is 14.9 Å². The zero-order chi connectivity index (χ0) is 13.1. The van der Waals surface area contributed by atoms with Gasteiger partial charge in [-0.2, -0.15) is 0 Å². The molecule has 2 N–H and O–H groups in total. The summed E-state index contributed by atoms with van der Waals surface area (Å²) in [6, 6.07) is 8.96. The zero-order valence-corrected chi connectivity index (χ0v) is 9.69. The van der Waals surface area contributed by atoms with Gasteiger partial charge in [-0.3, -0.25) is 5.73 Å². The number of nitrogens with zero attached hydrogens (tertiary/aromatic N) is 3. The molecule has 0 saturated heterocycles. The van der Waals surface area contributed by atoms with E-state index in [1.807, 2.05) is 18.2 Å². The second-order valence-corrected chi connectivity index (χ2v) is 3.64. The summed E-state index contributed by atoms with van der Waals surface area (Å²) in [6.45, 7) is 0. The topological polar surface area (TPSA) is 96.2 Å². The smallest absolute Gasteiger partial charge is 0.342 e. The van der Waals surface area contributed by atoms with Crippen molar-refractivity contribution in [3.8, 4) is 5.75 Å². The van der Waals surface area contributed by atoms with Gasteiger partial charge in [0.2, 0.25) is 6.23 Å². The quantitative estimate of drug-likeness (QED) is 0.500. The van der Waals surface area contributed by atoms with Crippen LogP contribution in [0.5, 0.6) is 5.75 Å². The first-order valence-corrected chi connectivity index (χ1v) is 5.23. The third kappa shape index (κ3) is 2.30. The number of aromatic nitrogens is 2. The molecule has 0 radical (unpaired) electrons. The molecule has 1 aromatic heterocycles. The molecule has 0 aliphatic heterocycles. The second kappa shape index (κ2) is 4.84. The van der Waals surface area contributed by atoms with Crippen LogP contribution in [0.2, 0.25) is 0 Å². The van der Waals surface area contributed by atoms with Gasteiger partial charge in [0.1, 0.15) is 11.9 Å². The number of nitrogens with two attached hydrogens (primary N) is 1. The number of ether oxygens (including phenoxy) is 1. The average molecular weight is 248 g/mol. The van der Waals surface area contributed by atoms with Crippen molar-refractivity contribution in [2.24, 2.45) is 12.8 Å². The Morgan fingerprint density at radius 1 is 1.44 bits per heavy atom. The molecule has 0 aliphatic rings. The third-order valence-corrected chi connectivity index (χ3v) is 2.45. The lowest BCUT2D eigenvalue weighted by molar-refractivity contribution is -0.391. The molecule has 2 aromatic rings. The van der Waals surface area contributed by atoms with E-state index in [1.165, 1.54) is 11.6 Å². The fourth-order valence-electron chi connectivity index (χ4n) is 1.55. The van der Waals surface area contributed by atoms with Gasteiger partial charge in [0.25, 0.3) is 5.82 Å². The van der Waals surface area contributed by atoms with Crippen molar-refractivity contribution in [1.29, 1.82) is 0 Å². The third-order valence-electron chi connectivity index (χ3n) is 2.45. The Morgan fingerprint density at radius 3 is 2.67 bits per heavy atom. The number of benzene rings is 1. The molecule has 7 heteroatoms. The summed E-state index contributed by atoms with van der Waals surface area (Å²) < 4.78 is 6.75. The Morgan fingerprint density at radius 2 is 2.11 bits per heavy atom. The van der Waals surface area contributed by atoms with Gasteiger partial charge in [-0.05, 0) is 17.1 Å². The number of para-hydroxylation sites is 1. The van der Waals surface area contributed by atoms with Crippen molar-refractivity contribution in [2.45, 2.75) is 6.23 Å². The van der Waals surface area contributed by atoms with Crippen LogP contribution < -0.4 is 10.5 Å². The molecule has 2 rings (SSSR count). The standard InChI is InChI=1S/C11H12N4O3/c1-14-9(15(16)17)7-13-11(14)10(12)18-8-5-3-2-4-6-8/h2-7,10H,12H2,1H3. The van der Waals surface area contributed by atoms with Crippen molar-refractivity contribution >= 4 is 5.82 Å². The minimum Gasteiger partial charge on any atom is -0.466 e. The molecule has 0 saturated carbocycles. The minimum atomic E-state index is -0.855.